The molecular weight excluding hydrogens is 359 g/mol. The van der Waals surface area contributed by atoms with Crippen LogP contribution in [0.4, 0.5) is 0 Å². The van der Waals surface area contributed by atoms with Crippen LogP contribution in [0.3, 0.4) is 0 Å². The summed E-state index contributed by atoms with van der Waals surface area (Å²) < 4.78 is 52.4. The summed E-state index contributed by atoms with van der Waals surface area (Å²) in [6, 6.07) is 5.20. The summed E-state index contributed by atoms with van der Waals surface area (Å²) in [5.41, 5.74) is 0.570. The van der Waals surface area contributed by atoms with Gasteiger partial charge in [-0.1, -0.05) is 19.1 Å². The van der Waals surface area contributed by atoms with Crippen LogP contribution in [0.1, 0.15) is 26.3 Å². The van der Waals surface area contributed by atoms with Crippen LogP contribution < -0.4 is 0 Å². The quantitative estimate of drug-likeness (QED) is 0.362. The second-order valence-electron chi connectivity index (χ2n) is 4.98. The van der Waals surface area contributed by atoms with Gasteiger partial charge >= 0.3 is 7.60 Å². The third-order valence-corrected chi connectivity index (χ3v) is 7.20. The van der Waals surface area contributed by atoms with Gasteiger partial charge in [0.2, 0.25) is 0 Å². The van der Waals surface area contributed by atoms with E-state index in [-0.39, 0.29) is 11.0 Å². The van der Waals surface area contributed by atoms with E-state index in [0.29, 0.717) is 10.5 Å². The maximum Gasteiger partial charge on any atom is 0.357 e. The smallest absolute Gasteiger partial charge is 0.310 e. The van der Waals surface area contributed by atoms with Gasteiger partial charge in [0.05, 0.1) is 6.10 Å². The van der Waals surface area contributed by atoms with E-state index in [2.05, 4.69) is 0 Å². The zero-order valence-electron chi connectivity index (χ0n) is 13.9. The molecule has 0 aliphatic carbocycles. The molecule has 0 saturated heterocycles. The minimum Gasteiger partial charge on any atom is -0.310 e. The van der Waals surface area contributed by atoms with E-state index in [4.69, 9.17) is 13.2 Å². The Bertz CT molecular complexity index is 672. The fourth-order valence-electron chi connectivity index (χ4n) is 1.86. The van der Waals surface area contributed by atoms with E-state index in [1.807, 2.05) is 6.92 Å². The predicted molar refractivity (Wildman–Crippen MR) is 91.6 cm³/mol. The number of hydrogen-bond acceptors (Lipinski definition) is 7. The van der Waals surface area contributed by atoms with Crippen molar-refractivity contribution in [3.63, 3.8) is 0 Å². The van der Waals surface area contributed by atoms with Crippen molar-refractivity contribution in [2.24, 2.45) is 0 Å². The van der Waals surface area contributed by atoms with E-state index in [9.17, 15) is 13.0 Å². The average Bonchev–Trinajstić information content (AvgIpc) is 2.45. The molecule has 0 saturated carbocycles. The second kappa shape index (κ2) is 8.65. The van der Waals surface area contributed by atoms with Crippen molar-refractivity contribution < 1.29 is 26.2 Å². The van der Waals surface area contributed by atoms with Gasteiger partial charge in [-0.05, 0) is 38.2 Å². The molecule has 0 aliphatic heterocycles. The lowest BCUT2D eigenvalue weighted by Crippen LogP contribution is -2.13. The lowest BCUT2D eigenvalue weighted by molar-refractivity contribution is 0.171. The molecule has 6 nitrogen and oxygen atoms in total. The van der Waals surface area contributed by atoms with E-state index in [1.165, 1.54) is 18.9 Å². The molecule has 0 spiro atoms. The first-order valence-corrected chi connectivity index (χ1v) is 11.2. The Hall–Kier alpha value is -0.370. The summed E-state index contributed by atoms with van der Waals surface area (Å²) in [5.74, 6) is 0.721. The van der Waals surface area contributed by atoms with Crippen LogP contribution >= 0.6 is 19.4 Å². The first-order valence-electron chi connectivity index (χ1n) is 7.10. The summed E-state index contributed by atoms with van der Waals surface area (Å²) >= 11 is 1.40. The summed E-state index contributed by atoms with van der Waals surface area (Å²) in [6.07, 6.45) is -1.04. The van der Waals surface area contributed by atoms with Crippen molar-refractivity contribution in [3.8, 4) is 0 Å². The Kier molecular flexibility index (Phi) is 7.77. The van der Waals surface area contributed by atoms with E-state index in [1.54, 1.807) is 39.0 Å². The van der Waals surface area contributed by atoms with Crippen molar-refractivity contribution in [2.75, 3.05) is 19.2 Å². The van der Waals surface area contributed by atoms with Crippen molar-refractivity contribution in [2.45, 2.75) is 43.6 Å². The third-order valence-electron chi connectivity index (χ3n) is 2.74. The predicted octanol–water partition coefficient (Wildman–Crippen LogP) is 4.03. The monoisotopic (exact) mass is 382 g/mol. The zero-order chi connectivity index (χ0) is 17.7. The maximum atomic E-state index is 12.5. The summed E-state index contributed by atoms with van der Waals surface area (Å²) in [7, 11) is -6.50. The minimum absolute atomic E-state index is 0.0963. The first kappa shape index (κ1) is 20.7. The molecule has 0 radical (unpaired) electrons. The molecule has 9 heteroatoms. The Labute approximate surface area is 142 Å². The largest absolute Gasteiger partial charge is 0.357 e. The molecule has 0 amide bonds. The van der Waals surface area contributed by atoms with Gasteiger partial charge in [0.1, 0.15) is 4.90 Å². The normalized spacial score (nSPS) is 14.9. The molecular formula is C14H23O6PS2. The van der Waals surface area contributed by atoms with Gasteiger partial charge in [-0.25, -0.2) is 0 Å². The van der Waals surface area contributed by atoms with Gasteiger partial charge in [-0.3, -0.25) is 8.75 Å². The molecule has 1 atom stereocenters. The maximum absolute atomic E-state index is 12.5. The highest BCUT2D eigenvalue weighted by atomic mass is 32.2. The van der Waals surface area contributed by atoms with Gasteiger partial charge in [0, 0.05) is 12.0 Å². The van der Waals surface area contributed by atoms with Gasteiger partial charge in [0.15, 0.2) is 6.35 Å². The standard InChI is InChI=1S/C14H23O6PS2/c1-6-22-13-9-7-8-12(4)14(13)23(16,17)19-10-21(15,18-5)20-11(2)3/h7-9,11H,6,10H2,1-5H3. The molecule has 0 heterocycles. The molecule has 23 heavy (non-hydrogen) atoms. The molecule has 0 fully saturated rings. The van der Waals surface area contributed by atoms with Crippen molar-refractivity contribution >= 4 is 29.5 Å². The highest BCUT2D eigenvalue weighted by Crippen LogP contribution is 2.49. The van der Waals surface area contributed by atoms with Gasteiger partial charge in [-0.15, -0.1) is 11.8 Å². The molecule has 0 aromatic heterocycles. The first-order chi connectivity index (χ1) is 10.6. The Morgan fingerprint density at radius 2 is 1.96 bits per heavy atom. The van der Waals surface area contributed by atoms with Crippen LogP contribution in [-0.4, -0.2) is 33.7 Å². The topological polar surface area (TPSA) is 78.9 Å². The summed E-state index contributed by atoms with van der Waals surface area (Å²) in [5, 5.41) is 0. The van der Waals surface area contributed by atoms with Crippen molar-refractivity contribution in [3.05, 3.63) is 23.8 Å². The van der Waals surface area contributed by atoms with Gasteiger partial charge in [-0.2, -0.15) is 8.42 Å². The summed E-state index contributed by atoms with van der Waals surface area (Å²) in [4.78, 5) is 0.698. The third kappa shape index (κ3) is 5.89. The fourth-order valence-corrected chi connectivity index (χ4v) is 5.98. The zero-order valence-corrected chi connectivity index (χ0v) is 16.5. The highest BCUT2D eigenvalue weighted by molar-refractivity contribution is 8.00. The number of thioether (sulfide) groups is 1. The van der Waals surface area contributed by atoms with Crippen LogP contribution in [0.2, 0.25) is 0 Å². The minimum atomic E-state index is -4.08. The Balaban J connectivity index is 3.07. The van der Waals surface area contributed by atoms with Crippen molar-refractivity contribution in [1.29, 1.82) is 0 Å². The molecule has 132 valence electrons. The van der Waals surface area contributed by atoms with Crippen LogP contribution in [-0.2, 0) is 27.9 Å². The molecule has 0 bridgehead atoms. The lowest BCUT2D eigenvalue weighted by Gasteiger charge is -2.19. The molecule has 0 aliphatic rings. The van der Waals surface area contributed by atoms with Crippen LogP contribution in [0, 0.1) is 6.92 Å². The molecule has 1 unspecified atom stereocenters. The highest BCUT2D eigenvalue weighted by Gasteiger charge is 2.30. The SMILES string of the molecule is CCSc1cccc(C)c1S(=O)(=O)OCP(=O)(OC)OC(C)C. The number of aryl methyl sites for hydroxylation is 1. The van der Waals surface area contributed by atoms with Crippen LogP contribution in [0.15, 0.2) is 28.0 Å². The van der Waals surface area contributed by atoms with E-state index >= 15 is 0 Å². The summed E-state index contributed by atoms with van der Waals surface area (Å²) in [6.45, 7) is 6.98. The second-order valence-corrected chi connectivity index (χ2v) is 9.90. The van der Waals surface area contributed by atoms with Crippen LogP contribution in [0.5, 0.6) is 0 Å². The molecule has 0 N–H and O–H groups in total. The fraction of sp³-hybridized carbons (Fsp3) is 0.571. The average molecular weight is 382 g/mol. The molecule has 1 aromatic rings. The van der Waals surface area contributed by atoms with Crippen LogP contribution in [0.25, 0.3) is 0 Å². The van der Waals surface area contributed by atoms with Crippen molar-refractivity contribution in [1.82, 2.24) is 0 Å². The Morgan fingerprint density at radius 3 is 2.48 bits per heavy atom. The molecule has 1 rings (SSSR count). The number of rotatable bonds is 9. The van der Waals surface area contributed by atoms with E-state index in [0.717, 1.165) is 5.75 Å². The van der Waals surface area contributed by atoms with Gasteiger partial charge in [0.25, 0.3) is 10.1 Å². The van der Waals surface area contributed by atoms with Gasteiger partial charge < -0.3 is 9.05 Å². The Morgan fingerprint density at radius 1 is 1.30 bits per heavy atom. The number of benzene rings is 1. The van der Waals surface area contributed by atoms with E-state index < -0.39 is 24.1 Å². The number of hydrogen-bond donors (Lipinski definition) is 0. The molecule has 1 aromatic carbocycles. The lowest BCUT2D eigenvalue weighted by atomic mass is 10.2.